The highest BCUT2D eigenvalue weighted by Gasteiger charge is 2.52. The Labute approximate surface area is 133 Å². The molecule has 0 radical (unpaired) electrons. The topological polar surface area (TPSA) is 44.8 Å². The van der Waals surface area contributed by atoms with Crippen LogP contribution in [0.4, 0.5) is 0 Å². The zero-order chi connectivity index (χ0) is 16.5. The molecule has 1 aromatic rings. The maximum absolute atomic E-state index is 11.6. The number of methoxy groups -OCH3 is 1. The molecule has 4 nitrogen and oxygen atoms in total. The Kier molecular flexibility index (Phi) is 4.69. The lowest BCUT2D eigenvalue weighted by atomic mass is 9.73. The molecule has 2 rings (SSSR count). The van der Waals surface area contributed by atoms with Crippen molar-refractivity contribution in [2.24, 2.45) is 0 Å². The number of ether oxygens (including phenoxy) is 1. The Balaban J connectivity index is 2.36. The fraction of sp³-hybridized carbons (Fsp3) is 0.588. The van der Waals surface area contributed by atoms with Crippen LogP contribution in [0.5, 0.6) is 0 Å². The first kappa shape index (κ1) is 17.0. The molecule has 0 aliphatic carbocycles. The number of esters is 1. The molecule has 1 aromatic carbocycles. The number of benzene rings is 1. The first-order valence-corrected chi connectivity index (χ1v) is 7.75. The Hall–Kier alpha value is -1.33. The summed E-state index contributed by atoms with van der Waals surface area (Å²) in [5.74, 6) is -0.235. The summed E-state index contributed by atoms with van der Waals surface area (Å²) in [4.78, 5) is 11.6. The Morgan fingerprint density at radius 1 is 1.18 bits per heavy atom. The van der Waals surface area contributed by atoms with E-state index in [1.54, 1.807) is 0 Å². The standard InChI is InChI=1S/C17H25BO4/c1-7-13-12(11-15(19)20-6)9-8-10-14(13)18-21-16(2,3)17(4,5)22-18/h8-10H,7,11H2,1-6H3. The second-order valence-electron chi connectivity index (χ2n) is 6.68. The van der Waals surface area contributed by atoms with Gasteiger partial charge in [0, 0.05) is 0 Å². The minimum absolute atomic E-state index is 0.235. The van der Waals surface area contributed by atoms with Crippen LogP contribution in [0.1, 0.15) is 45.7 Å². The summed E-state index contributed by atoms with van der Waals surface area (Å²) in [5, 5.41) is 0. The summed E-state index contributed by atoms with van der Waals surface area (Å²) >= 11 is 0. The molecule has 22 heavy (non-hydrogen) atoms. The van der Waals surface area contributed by atoms with Crippen LogP contribution in [-0.4, -0.2) is 31.4 Å². The average molecular weight is 304 g/mol. The summed E-state index contributed by atoms with van der Waals surface area (Å²) in [6, 6.07) is 5.92. The van der Waals surface area contributed by atoms with Crippen molar-refractivity contribution in [3.05, 3.63) is 29.3 Å². The molecule has 0 atom stereocenters. The van der Waals surface area contributed by atoms with Gasteiger partial charge in [0.25, 0.3) is 0 Å². The van der Waals surface area contributed by atoms with E-state index in [9.17, 15) is 4.79 Å². The van der Waals surface area contributed by atoms with Gasteiger partial charge in [-0.2, -0.15) is 0 Å². The molecule has 120 valence electrons. The summed E-state index contributed by atoms with van der Waals surface area (Å²) in [6.45, 7) is 10.2. The molecular formula is C17H25BO4. The highest BCUT2D eigenvalue weighted by atomic mass is 16.7. The van der Waals surface area contributed by atoms with Crippen LogP contribution in [0.2, 0.25) is 0 Å². The van der Waals surface area contributed by atoms with Gasteiger partial charge in [0.15, 0.2) is 0 Å². The summed E-state index contributed by atoms with van der Waals surface area (Å²) < 4.78 is 17.1. The van der Waals surface area contributed by atoms with Crippen LogP contribution >= 0.6 is 0 Å². The van der Waals surface area contributed by atoms with Gasteiger partial charge in [0.2, 0.25) is 0 Å². The minimum Gasteiger partial charge on any atom is -0.469 e. The first-order valence-electron chi connectivity index (χ1n) is 7.75. The highest BCUT2D eigenvalue weighted by molar-refractivity contribution is 6.62. The molecule has 5 heteroatoms. The third-order valence-electron chi connectivity index (χ3n) is 4.73. The second kappa shape index (κ2) is 6.05. The number of rotatable bonds is 4. The van der Waals surface area contributed by atoms with E-state index in [0.29, 0.717) is 0 Å². The van der Waals surface area contributed by atoms with Crippen molar-refractivity contribution in [2.75, 3.05) is 7.11 Å². The third kappa shape index (κ3) is 3.06. The van der Waals surface area contributed by atoms with Crippen LogP contribution < -0.4 is 5.46 Å². The van der Waals surface area contributed by atoms with Gasteiger partial charge in [0.05, 0.1) is 24.7 Å². The Morgan fingerprint density at radius 2 is 1.77 bits per heavy atom. The van der Waals surface area contributed by atoms with Crippen molar-refractivity contribution in [3.8, 4) is 0 Å². The lowest BCUT2D eigenvalue weighted by molar-refractivity contribution is -0.139. The van der Waals surface area contributed by atoms with E-state index in [0.717, 1.165) is 23.0 Å². The molecule has 1 aliphatic heterocycles. The molecule has 0 saturated carbocycles. The Bertz CT molecular complexity index is 550. The van der Waals surface area contributed by atoms with Gasteiger partial charge in [-0.3, -0.25) is 4.79 Å². The smallest absolute Gasteiger partial charge is 0.469 e. The van der Waals surface area contributed by atoms with Crippen LogP contribution in [0.25, 0.3) is 0 Å². The van der Waals surface area contributed by atoms with Crippen LogP contribution in [0.3, 0.4) is 0 Å². The van der Waals surface area contributed by atoms with Gasteiger partial charge in [-0.25, -0.2) is 0 Å². The third-order valence-corrected chi connectivity index (χ3v) is 4.73. The van der Waals surface area contributed by atoms with Gasteiger partial charge in [-0.05, 0) is 50.7 Å². The molecule has 0 spiro atoms. The van der Waals surface area contributed by atoms with Gasteiger partial charge in [0.1, 0.15) is 0 Å². The molecule has 1 aliphatic rings. The number of carbonyl (C=O) groups excluding carboxylic acids is 1. The zero-order valence-electron chi connectivity index (χ0n) is 14.4. The number of hydrogen-bond acceptors (Lipinski definition) is 4. The van der Waals surface area contributed by atoms with Crippen molar-refractivity contribution in [2.45, 2.75) is 58.7 Å². The lowest BCUT2D eigenvalue weighted by Crippen LogP contribution is -2.41. The van der Waals surface area contributed by atoms with E-state index in [-0.39, 0.29) is 23.6 Å². The number of hydrogen-bond donors (Lipinski definition) is 0. The minimum atomic E-state index is -0.405. The highest BCUT2D eigenvalue weighted by Crippen LogP contribution is 2.36. The van der Waals surface area contributed by atoms with E-state index in [1.807, 2.05) is 45.9 Å². The van der Waals surface area contributed by atoms with Gasteiger partial charge in [-0.1, -0.05) is 25.1 Å². The van der Waals surface area contributed by atoms with E-state index in [2.05, 4.69) is 6.92 Å². The summed E-state index contributed by atoms with van der Waals surface area (Å²) in [7, 11) is 1.00. The maximum atomic E-state index is 11.6. The molecule has 1 saturated heterocycles. The molecule has 0 bridgehead atoms. The monoisotopic (exact) mass is 304 g/mol. The van der Waals surface area contributed by atoms with Crippen molar-refractivity contribution < 1.29 is 18.8 Å². The van der Waals surface area contributed by atoms with Crippen molar-refractivity contribution >= 4 is 18.6 Å². The summed E-state index contributed by atoms with van der Waals surface area (Å²) in [6.07, 6.45) is 1.08. The number of carbonyl (C=O) groups is 1. The predicted molar refractivity (Wildman–Crippen MR) is 87.3 cm³/mol. The zero-order valence-corrected chi connectivity index (χ0v) is 14.4. The molecule has 0 amide bonds. The van der Waals surface area contributed by atoms with Crippen LogP contribution in [-0.2, 0) is 31.7 Å². The van der Waals surface area contributed by atoms with Crippen molar-refractivity contribution in [1.82, 2.24) is 0 Å². The Morgan fingerprint density at radius 3 is 2.27 bits per heavy atom. The van der Waals surface area contributed by atoms with Gasteiger partial charge in [-0.15, -0.1) is 0 Å². The van der Waals surface area contributed by atoms with E-state index in [1.165, 1.54) is 7.11 Å². The molecule has 1 fully saturated rings. The van der Waals surface area contributed by atoms with E-state index in [4.69, 9.17) is 14.0 Å². The van der Waals surface area contributed by atoms with Crippen molar-refractivity contribution in [3.63, 3.8) is 0 Å². The van der Waals surface area contributed by atoms with Gasteiger partial charge < -0.3 is 14.0 Å². The largest absolute Gasteiger partial charge is 0.495 e. The predicted octanol–water partition coefficient (Wildman–Crippen LogP) is 2.26. The van der Waals surface area contributed by atoms with E-state index < -0.39 is 7.12 Å². The van der Waals surface area contributed by atoms with E-state index >= 15 is 0 Å². The maximum Gasteiger partial charge on any atom is 0.495 e. The fourth-order valence-electron chi connectivity index (χ4n) is 2.67. The molecular weight excluding hydrogens is 279 g/mol. The van der Waals surface area contributed by atoms with Crippen molar-refractivity contribution in [1.29, 1.82) is 0 Å². The molecule has 0 aromatic heterocycles. The molecule has 0 N–H and O–H groups in total. The van der Waals surface area contributed by atoms with Crippen LogP contribution in [0.15, 0.2) is 18.2 Å². The second-order valence-corrected chi connectivity index (χ2v) is 6.68. The SMILES string of the molecule is CCc1c(CC(=O)OC)cccc1B1OC(C)(C)C(C)(C)O1. The lowest BCUT2D eigenvalue weighted by Gasteiger charge is -2.32. The van der Waals surface area contributed by atoms with Gasteiger partial charge >= 0.3 is 13.1 Å². The molecule has 1 heterocycles. The molecule has 0 unspecified atom stereocenters. The summed E-state index contributed by atoms with van der Waals surface area (Å²) in [5.41, 5.74) is 2.33. The fourth-order valence-corrected chi connectivity index (χ4v) is 2.67. The first-order chi connectivity index (χ1) is 10.2. The average Bonchev–Trinajstić information content (AvgIpc) is 2.67. The normalized spacial score (nSPS) is 19.3. The quantitative estimate of drug-likeness (QED) is 0.632. The van der Waals surface area contributed by atoms with Crippen LogP contribution in [0, 0.1) is 0 Å².